The standard InChI is InChI=1S/C11H10BrN3O4/c12-9-2-1-8(19-9)10(16)13-3-4-15-5-7(11(17)18)14-6-15/h1-2,5-6H,3-4H2,(H,13,16)(H,17,18). The van der Waals surface area contributed by atoms with Gasteiger partial charge in [0.05, 0.1) is 6.33 Å². The molecule has 2 aromatic rings. The zero-order valence-corrected chi connectivity index (χ0v) is 11.3. The van der Waals surface area contributed by atoms with Crippen LogP contribution in [0.25, 0.3) is 0 Å². The lowest BCUT2D eigenvalue weighted by molar-refractivity contribution is 0.0690. The predicted octanol–water partition coefficient (Wildman–Crippen LogP) is 1.37. The van der Waals surface area contributed by atoms with Gasteiger partial charge in [0.15, 0.2) is 16.1 Å². The van der Waals surface area contributed by atoms with Gasteiger partial charge in [-0.25, -0.2) is 9.78 Å². The first-order valence-electron chi connectivity index (χ1n) is 5.35. The van der Waals surface area contributed by atoms with Crippen LogP contribution in [0.4, 0.5) is 0 Å². The summed E-state index contributed by atoms with van der Waals surface area (Å²) in [4.78, 5) is 25.9. The number of hydrogen-bond acceptors (Lipinski definition) is 4. The molecule has 0 aliphatic carbocycles. The maximum atomic E-state index is 11.6. The van der Waals surface area contributed by atoms with Gasteiger partial charge in [-0.15, -0.1) is 0 Å². The van der Waals surface area contributed by atoms with Crippen molar-refractivity contribution in [1.82, 2.24) is 14.9 Å². The van der Waals surface area contributed by atoms with E-state index in [4.69, 9.17) is 9.52 Å². The maximum absolute atomic E-state index is 11.6. The molecule has 0 radical (unpaired) electrons. The minimum Gasteiger partial charge on any atom is -0.476 e. The molecule has 8 heteroatoms. The van der Waals surface area contributed by atoms with Crippen LogP contribution in [0.2, 0.25) is 0 Å². The zero-order valence-electron chi connectivity index (χ0n) is 9.67. The van der Waals surface area contributed by atoms with Crippen molar-refractivity contribution in [2.45, 2.75) is 6.54 Å². The van der Waals surface area contributed by atoms with Crippen LogP contribution >= 0.6 is 15.9 Å². The van der Waals surface area contributed by atoms with E-state index < -0.39 is 5.97 Å². The summed E-state index contributed by atoms with van der Waals surface area (Å²) < 4.78 is 7.16. The van der Waals surface area contributed by atoms with Gasteiger partial charge in [0.2, 0.25) is 0 Å². The van der Waals surface area contributed by atoms with Crippen LogP contribution in [0.5, 0.6) is 0 Å². The third kappa shape index (κ3) is 3.44. The molecule has 2 heterocycles. The molecule has 100 valence electrons. The van der Waals surface area contributed by atoms with Crippen molar-refractivity contribution in [3.05, 3.63) is 40.8 Å². The molecule has 0 aliphatic rings. The highest BCUT2D eigenvalue weighted by Gasteiger charge is 2.10. The Morgan fingerprint density at radius 2 is 2.26 bits per heavy atom. The van der Waals surface area contributed by atoms with Crippen LogP contribution < -0.4 is 5.32 Å². The number of amides is 1. The number of carbonyl (C=O) groups is 2. The number of carboxylic acid groups (broad SMARTS) is 1. The number of hydrogen-bond donors (Lipinski definition) is 2. The highest BCUT2D eigenvalue weighted by atomic mass is 79.9. The third-order valence-electron chi connectivity index (χ3n) is 2.30. The number of aromatic carboxylic acids is 1. The predicted molar refractivity (Wildman–Crippen MR) is 67.9 cm³/mol. The first-order chi connectivity index (χ1) is 9.06. The maximum Gasteiger partial charge on any atom is 0.356 e. The molecule has 0 atom stereocenters. The summed E-state index contributed by atoms with van der Waals surface area (Å²) in [5.41, 5.74) is -0.0266. The number of rotatable bonds is 5. The van der Waals surface area contributed by atoms with Gasteiger partial charge in [0.1, 0.15) is 0 Å². The fourth-order valence-electron chi connectivity index (χ4n) is 1.41. The first-order valence-corrected chi connectivity index (χ1v) is 6.14. The molecule has 2 aromatic heterocycles. The number of halogens is 1. The molecule has 0 aromatic carbocycles. The molecular formula is C11H10BrN3O4. The molecule has 1 amide bonds. The smallest absolute Gasteiger partial charge is 0.356 e. The normalized spacial score (nSPS) is 10.4. The van der Waals surface area contributed by atoms with Gasteiger partial charge in [-0.1, -0.05) is 0 Å². The lowest BCUT2D eigenvalue weighted by Gasteiger charge is -2.03. The average Bonchev–Trinajstić information content (AvgIpc) is 2.98. The monoisotopic (exact) mass is 327 g/mol. The van der Waals surface area contributed by atoms with Gasteiger partial charge in [-0.2, -0.15) is 0 Å². The van der Waals surface area contributed by atoms with Gasteiger partial charge in [0.25, 0.3) is 5.91 Å². The second kappa shape index (κ2) is 5.70. The summed E-state index contributed by atoms with van der Waals surface area (Å²) in [6, 6.07) is 3.18. The average molecular weight is 328 g/mol. The second-order valence-electron chi connectivity index (χ2n) is 3.66. The lowest BCUT2D eigenvalue weighted by Crippen LogP contribution is -2.26. The Kier molecular flexibility index (Phi) is 4.00. The van der Waals surface area contributed by atoms with E-state index >= 15 is 0 Å². The molecule has 19 heavy (non-hydrogen) atoms. The summed E-state index contributed by atoms with van der Waals surface area (Å²) >= 11 is 3.11. The van der Waals surface area contributed by atoms with E-state index in [0.717, 1.165) is 0 Å². The number of nitrogens with zero attached hydrogens (tertiary/aromatic N) is 2. The Morgan fingerprint density at radius 3 is 2.84 bits per heavy atom. The molecule has 0 spiro atoms. The molecule has 7 nitrogen and oxygen atoms in total. The van der Waals surface area contributed by atoms with Crippen molar-refractivity contribution in [3.8, 4) is 0 Å². The van der Waals surface area contributed by atoms with Crippen LogP contribution in [0, 0.1) is 0 Å². The van der Waals surface area contributed by atoms with Gasteiger partial charge in [-0.3, -0.25) is 4.79 Å². The molecule has 0 aliphatic heterocycles. The largest absolute Gasteiger partial charge is 0.476 e. The van der Waals surface area contributed by atoms with Crippen molar-refractivity contribution in [2.24, 2.45) is 0 Å². The van der Waals surface area contributed by atoms with Crippen molar-refractivity contribution in [1.29, 1.82) is 0 Å². The summed E-state index contributed by atoms with van der Waals surface area (Å²) in [5, 5.41) is 11.4. The third-order valence-corrected chi connectivity index (χ3v) is 2.73. The molecule has 0 saturated heterocycles. The quantitative estimate of drug-likeness (QED) is 0.864. The van der Waals surface area contributed by atoms with Crippen molar-refractivity contribution in [2.75, 3.05) is 6.54 Å². The number of carboxylic acids is 1. The fourth-order valence-corrected chi connectivity index (χ4v) is 1.72. The van der Waals surface area contributed by atoms with Crippen LogP contribution in [0.15, 0.2) is 33.7 Å². The Bertz CT molecular complexity index is 605. The SMILES string of the molecule is O=C(O)c1cn(CCNC(=O)c2ccc(Br)o2)cn1. The summed E-state index contributed by atoms with van der Waals surface area (Å²) in [6.07, 6.45) is 2.80. The van der Waals surface area contributed by atoms with Gasteiger partial charge < -0.3 is 19.4 Å². The minimum absolute atomic E-state index is 0.0266. The molecule has 0 bridgehead atoms. The van der Waals surface area contributed by atoms with Crippen LogP contribution in [0.1, 0.15) is 21.0 Å². The van der Waals surface area contributed by atoms with Crippen molar-refractivity contribution >= 4 is 27.8 Å². The van der Waals surface area contributed by atoms with Gasteiger partial charge in [0, 0.05) is 19.3 Å². The number of furan rings is 1. The van der Waals surface area contributed by atoms with Crippen LogP contribution in [-0.2, 0) is 6.54 Å². The van der Waals surface area contributed by atoms with E-state index in [1.54, 1.807) is 16.7 Å². The Morgan fingerprint density at radius 1 is 1.47 bits per heavy atom. The Balaban J connectivity index is 1.83. The topological polar surface area (TPSA) is 97.4 Å². The minimum atomic E-state index is -1.08. The van der Waals surface area contributed by atoms with E-state index in [1.807, 2.05) is 0 Å². The first kappa shape index (κ1) is 13.3. The highest BCUT2D eigenvalue weighted by Crippen LogP contribution is 2.13. The van der Waals surface area contributed by atoms with Crippen molar-refractivity contribution < 1.29 is 19.1 Å². The van der Waals surface area contributed by atoms with E-state index in [-0.39, 0.29) is 17.4 Å². The van der Waals surface area contributed by atoms with Gasteiger partial charge >= 0.3 is 5.97 Å². The molecule has 0 saturated carbocycles. The Hall–Kier alpha value is -2.09. The molecule has 0 unspecified atom stereocenters. The number of imidazole rings is 1. The molecular weight excluding hydrogens is 318 g/mol. The summed E-state index contributed by atoms with van der Waals surface area (Å²) in [6.45, 7) is 0.764. The lowest BCUT2D eigenvalue weighted by atomic mass is 10.4. The van der Waals surface area contributed by atoms with E-state index in [2.05, 4.69) is 26.2 Å². The Labute approximate surface area is 116 Å². The fraction of sp³-hybridized carbons (Fsp3) is 0.182. The molecule has 2 N–H and O–H groups in total. The number of nitrogens with one attached hydrogen (secondary N) is 1. The summed E-state index contributed by atoms with van der Waals surface area (Å²) in [7, 11) is 0. The van der Waals surface area contributed by atoms with E-state index in [9.17, 15) is 9.59 Å². The molecule has 2 rings (SSSR count). The van der Waals surface area contributed by atoms with E-state index in [1.165, 1.54) is 12.5 Å². The molecule has 0 fully saturated rings. The highest BCUT2D eigenvalue weighted by molar-refractivity contribution is 9.10. The van der Waals surface area contributed by atoms with Crippen LogP contribution in [0.3, 0.4) is 0 Å². The zero-order chi connectivity index (χ0) is 13.8. The van der Waals surface area contributed by atoms with Crippen molar-refractivity contribution in [3.63, 3.8) is 0 Å². The van der Waals surface area contributed by atoms with Crippen LogP contribution in [-0.4, -0.2) is 33.1 Å². The number of carbonyl (C=O) groups excluding carboxylic acids is 1. The van der Waals surface area contributed by atoms with E-state index in [0.29, 0.717) is 17.8 Å². The summed E-state index contributed by atoms with van der Waals surface area (Å²) in [5.74, 6) is -1.20. The van der Waals surface area contributed by atoms with Gasteiger partial charge in [-0.05, 0) is 28.1 Å². The second-order valence-corrected chi connectivity index (χ2v) is 4.44. The number of aromatic nitrogens is 2.